The van der Waals surface area contributed by atoms with Crippen LogP contribution in [0.15, 0.2) is 109 Å². The van der Waals surface area contributed by atoms with Gasteiger partial charge in [-0.05, 0) is 116 Å². The summed E-state index contributed by atoms with van der Waals surface area (Å²) in [6.07, 6.45) is 65.1. The molecule has 0 rings (SSSR count). The van der Waals surface area contributed by atoms with Crippen molar-refractivity contribution in [1.29, 1.82) is 0 Å². The average molecular weight is 845 g/mol. The van der Waals surface area contributed by atoms with E-state index >= 15 is 0 Å². The highest BCUT2D eigenvalue weighted by Gasteiger charge is 2.19. The van der Waals surface area contributed by atoms with Crippen molar-refractivity contribution in [2.45, 2.75) is 207 Å². The molecule has 6 heteroatoms. The third-order valence-electron chi connectivity index (χ3n) is 9.74. The lowest BCUT2D eigenvalue weighted by Crippen LogP contribution is -2.30. The molecule has 0 saturated carbocycles. The van der Waals surface area contributed by atoms with Crippen LogP contribution in [0, 0.1) is 0 Å². The second-order valence-corrected chi connectivity index (χ2v) is 15.6. The van der Waals surface area contributed by atoms with Gasteiger partial charge in [0.25, 0.3) is 0 Å². The number of carbonyl (C=O) groups excluding carboxylic acids is 3. The Morgan fingerprint density at radius 3 is 1.10 bits per heavy atom. The molecule has 0 bridgehead atoms. The number of hydrogen-bond donors (Lipinski definition) is 0. The van der Waals surface area contributed by atoms with Crippen molar-refractivity contribution in [3.63, 3.8) is 0 Å². The summed E-state index contributed by atoms with van der Waals surface area (Å²) in [6, 6.07) is 0. The molecule has 0 spiro atoms. The van der Waals surface area contributed by atoms with Crippen LogP contribution in [0.5, 0.6) is 0 Å². The number of ether oxygens (including phenoxy) is 3. The Balaban J connectivity index is 4.54. The molecule has 0 aromatic rings. The van der Waals surface area contributed by atoms with Gasteiger partial charge in [-0.15, -0.1) is 0 Å². The SMILES string of the molecule is CC/C=C\C/C=C\C/C=C\CCCCC(=O)OCC(COC(=O)CCC/C=C\C/C=C\C/C=C\C/C=C\CCCCC)OC(=O)CCCCCCCCC/C=C\C/C=C\CC. The van der Waals surface area contributed by atoms with Gasteiger partial charge >= 0.3 is 17.9 Å². The topological polar surface area (TPSA) is 78.9 Å². The summed E-state index contributed by atoms with van der Waals surface area (Å²) in [5, 5.41) is 0. The average Bonchev–Trinajstić information content (AvgIpc) is 3.26. The van der Waals surface area contributed by atoms with Crippen LogP contribution in [-0.4, -0.2) is 37.2 Å². The molecule has 0 aliphatic carbocycles. The van der Waals surface area contributed by atoms with Crippen LogP contribution >= 0.6 is 0 Å². The van der Waals surface area contributed by atoms with E-state index < -0.39 is 6.10 Å². The van der Waals surface area contributed by atoms with E-state index in [1.165, 1.54) is 51.4 Å². The second-order valence-electron chi connectivity index (χ2n) is 15.6. The lowest BCUT2D eigenvalue weighted by atomic mass is 10.1. The number of esters is 3. The normalized spacial score (nSPS) is 13.0. The van der Waals surface area contributed by atoms with Gasteiger partial charge < -0.3 is 14.2 Å². The highest BCUT2D eigenvalue weighted by molar-refractivity contribution is 5.71. The molecule has 1 atom stereocenters. The standard InChI is InChI=1S/C55H88O6/c1-4-7-10-13-16-19-22-25-27-28-29-31-33-36-39-42-45-48-54(57)60-51-52(50-59-53(56)47-44-41-38-35-32-24-21-18-15-12-9-6-3)61-55(58)49-46-43-40-37-34-30-26-23-20-17-14-11-8-5-2/h8-9,11-12,16-21,25,27,29,31-32,35-36,39,52H,4-7,10,13-15,22-24,26,28,30,33-34,37-38,40-51H2,1-3H3/b11-8-,12-9-,19-16-,20-17-,21-18-,27-25-,31-29-,35-32-,39-36-. The van der Waals surface area contributed by atoms with Crippen LogP contribution in [0.1, 0.15) is 201 Å². The van der Waals surface area contributed by atoms with Crippen LogP contribution in [0.25, 0.3) is 0 Å². The van der Waals surface area contributed by atoms with Crippen LogP contribution in [-0.2, 0) is 28.6 Å². The maximum absolute atomic E-state index is 12.8. The van der Waals surface area contributed by atoms with Crippen LogP contribution in [0.2, 0.25) is 0 Å². The molecule has 0 aliphatic rings. The van der Waals surface area contributed by atoms with Gasteiger partial charge in [0, 0.05) is 19.3 Å². The first-order valence-corrected chi connectivity index (χ1v) is 24.4. The molecule has 6 nitrogen and oxygen atoms in total. The number of allylic oxidation sites excluding steroid dienone is 18. The van der Waals surface area contributed by atoms with Gasteiger partial charge in [0.15, 0.2) is 6.10 Å². The minimum Gasteiger partial charge on any atom is -0.462 e. The first-order chi connectivity index (χ1) is 30.0. The van der Waals surface area contributed by atoms with Gasteiger partial charge in [0.2, 0.25) is 0 Å². The fourth-order valence-corrected chi connectivity index (χ4v) is 6.13. The van der Waals surface area contributed by atoms with Gasteiger partial charge in [-0.2, -0.15) is 0 Å². The van der Waals surface area contributed by atoms with E-state index in [9.17, 15) is 14.4 Å². The van der Waals surface area contributed by atoms with E-state index in [0.29, 0.717) is 25.7 Å². The van der Waals surface area contributed by atoms with Crippen molar-refractivity contribution in [3.05, 3.63) is 109 Å². The van der Waals surface area contributed by atoms with Crippen LogP contribution in [0.3, 0.4) is 0 Å². The lowest BCUT2D eigenvalue weighted by molar-refractivity contribution is -0.167. The van der Waals surface area contributed by atoms with Crippen molar-refractivity contribution in [3.8, 4) is 0 Å². The van der Waals surface area contributed by atoms with Crippen molar-refractivity contribution >= 4 is 17.9 Å². The number of rotatable bonds is 42. The molecule has 344 valence electrons. The van der Waals surface area contributed by atoms with Crippen molar-refractivity contribution < 1.29 is 28.6 Å². The summed E-state index contributed by atoms with van der Waals surface area (Å²) >= 11 is 0. The van der Waals surface area contributed by atoms with Gasteiger partial charge in [-0.3, -0.25) is 14.4 Å². The van der Waals surface area contributed by atoms with Crippen LogP contribution in [0.4, 0.5) is 0 Å². The molecule has 0 N–H and O–H groups in total. The minimum atomic E-state index is -0.820. The van der Waals surface area contributed by atoms with Crippen LogP contribution < -0.4 is 0 Å². The fourth-order valence-electron chi connectivity index (χ4n) is 6.13. The smallest absolute Gasteiger partial charge is 0.306 e. The van der Waals surface area contributed by atoms with Crippen molar-refractivity contribution in [2.75, 3.05) is 13.2 Å². The zero-order chi connectivity index (χ0) is 44.4. The first-order valence-electron chi connectivity index (χ1n) is 24.4. The zero-order valence-electron chi connectivity index (χ0n) is 39.1. The van der Waals surface area contributed by atoms with E-state index in [1.54, 1.807) is 0 Å². The monoisotopic (exact) mass is 845 g/mol. The number of carbonyl (C=O) groups is 3. The van der Waals surface area contributed by atoms with Gasteiger partial charge in [-0.1, -0.05) is 175 Å². The lowest BCUT2D eigenvalue weighted by Gasteiger charge is -2.18. The third kappa shape index (κ3) is 47.0. The molecule has 0 saturated heterocycles. The quantitative estimate of drug-likeness (QED) is 0.0264. The summed E-state index contributed by atoms with van der Waals surface area (Å²) < 4.78 is 16.7. The molecule has 0 aliphatic heterocycles. The Hall–Kier alpha value is -3.93. The summed E-state index contributed by atoms with van der Waals surface area (Å²) in [4.78, 5) is 37.8. The summed E-state index contributed by atoms with van der Waals surface area (Å²) in [6.45, 7) is 6.27. The van der Waals surface area contributed by atoms with Gasteiger partial charge in [0.05, 0.1) is 0 Å². The Labute approximate surface area is 374 Å². The molecular weight excluding hydrogens is 757 g/mol. The van der Waals surface area contributed by atoms with Gasteiger partial charge in [0.1, 0.15) is 13.2 Å². The Morgan fingerprint density at radius 2 is 0.656 bits per heavy atom. The van der Waals surface area contributed by atoms with Crippen molar-refractivity contribution in [2.24, 2.45) is 0 Å². The summed E-state index contributed by atoms with van der Waals surface area (Å²) in [7, 11) is 0. The summed E-state index contributed by atoms with van der Waals surface area (Å²) in [5.74, 6) is -1.03. The molecule has 0 aromatic heterocycles. The second kappa shape index (κ2) is 48.7. The molecule has 61 heavy (non-hydrogen) atoms. The number of unbranched alkanes of at least 4 members (excludes halogenated alkanes) is 13. The highest BCUT2D eigenvalue weighted by Crippen LogP contribution is 2.12. The summed E-state index contributed by atoms with van der Waals surface area (Å²) in [5.41, 5.74) is 0. The predicted octanol–water partition coefficient (Wildman–Crippen LogP) is 16.0. The Bertz CT molecular complexity index is 1290. The Morgan fingerprint density at radius 1 is 0.344 bits per heavy atom. The maximum atomic E-state index is 12.8. The number of hydrogen-bond acceptors (Lipinski definition) is 6. The van der Waals surface area contributed by atoms with E-state index in [1.807, 2.05) is 0 Å². The molecule has 0 radical (unpaired) electrons. The Kier molecular flexibility index (Phi) is 45.6. The molecular formula is C55H88O6. The molecule has 1 unspecified atom stereocenters. The first kappa shape index (κ1) is 57.1. The highest BCUT2D eigenvalue weighted by atomic mass is 16.6. The largest absolute Gasteiger partial charge is 0.462 e. The van der Waals surface area contributed by atoms with E-state index in [2.05, 4.69) is 130 Å². The fraction of sp³-hybridized carbons (Fsp3) is 0.618. The zero-order valence-corrected chi connectivity index (χ0v) is 39.1. The molecule has 0 amide bonds. The molecule has 0 fully saturated rings. The maximum Gasteiger partial charge on any atom is 0.306 e. The van der Waals surface area contributed by atoms with E-state index in [4.69, 9.17) is 14.2 Å². The van der Waals surface area contributed by atoms with E-state index in [-0.39, 0.29) is 37.5 Å². The molecule has 0 aromatic carbocycles. The molecule has 0 heterocycles. The van der Waals surface area contributed by atoms with Gasteiger partial charge in [-0.25, -0.2) is 0 Å². The van der Waals surface area contributed by atoms with Crippen molar-refractivity contribution in [1.82, 2.24) is 0 Å². The minimum absolute atomic E-state index is 0.121. The van der Waals surface area contributed by atoms with E-state index in [0.717, 1.165) is 96.3 Å². The predicted molar refractivity (Wildman–Crippen MR) is 260 cm³/mol. The third-order valence-corrected chi connectivity index (χ3v) is 9.74.